The predicted octanol–water partition coefficient (Wildman–Crippen LogP) is 1.25. The molecule has 0 saturated carbocycles. The molecule has 90 valence electrons. The van der Waals surface area contributed by atoms with Gasteiger partial charge in [-0.2, -0.15) is 0 Å². The second kappa shape index (κ2) is 4.49. The van der Waals surface area contributed by atoms with Crippen LogP contribution < -0.4 is 5.32 Å². The largest absolute Gasteiger partial charge is 0.355 e. The number of nitrogens with one attached hydrogen (secondary N) is 1. The van der Waals surface area contributed by atoms with E-state index in [0.717, 1.165) is 32.6 Å². The third-order valence-corrected chi connectivity index (χ3v) is 3.94. The topological polar surface area (TPSA) is 32.3 Å². The highest BCUT2D eigenvalue weighted by Gasteiger charge is 2.38. The number of piperidine rings is 1. The summed E-state index contributed by atoms with van der Waals surface area (Å²) in [4.78, 5) is 14.0. The number of hydrogen-bond acceptors (Lipinski definition) is 2. The minimum atomic E-state index is 0.273. The first-order valence-electron chi connectivity index (χ1n) is 6.37. The standard InChI is InChI=1S/C14H18N2O/c17-14-13-6-7-16(10-12(13)8-15-14)9-11-4-2-1-3-5-11/h1-5,12-13H,6-10H2,(H,15,17)/t12-,13+/m0/s1. The van der Waals surface area contributed by atoms with Crippen LogP contribution in [0.5, 0.6) is 0 Å². The molecule has 3 nitrogen and oxygen atoms in total. The number of carbonyl (C=O) groups is 1. The van der Waals surface area contributed by atoms with Gasteiger partial charge in [0.25, 0.3) is 0 Å². The molecule has 0 unspecified atom stereocenters. The summed E-state index contributed by atoms with van der Waals surface area (Å²) in [5.41, 5.74) is 1.36. The molecule has 0 aliphatic carbocycles. The number of carbonyl (C=O) groups excluding carboxylic acids is 1. The molecular formula is C14H18N2O. The molecule has 2 aliphatic heterocycles. The van der Waals surface area contributed by atoms with Crippen molar-refractivity contribution in [3.63, 3.8) is 0 Å². The van der Waals surface area contributed by atoms with E-state index in [1.165, 1.54) is 5.56 Å². The number of fused-ring (bicyclic) bond motifs is 1. The van der Waals surface area contributed by atoms with Crippen LogP contribution in [0.3, 0.4) is 0 Å². The number of rotatable bonds is 2. The Bertz CT molecular complexity index is 404. The highest BCUT2D eigenvalue weighted by molar-refractivity contribution is 5.81. The van der Waals surface area contributed by atoms with E-state index >= 15 is 0 Å². The summed E-state index contributed by atoms with van der Waals surface area (Å²) in [5.74, 6) is 1.08. The summed E-state index contributed by atoms with van der Waals surface area (Å²) in [6, 6.07) is 10.6. The van der Waals surface area contributed by atoms with Gasteiger partial charge in [-0.15, -0.1) is 0 Å². The number of likely N-dealkylation sites (tertiary alicyclic amines) is 1. The van der Waals surface area contributed by atoms with Gasteiger partial charge in [0.2, 0.25) is 5.91 Å². The molecule has 3 rings (SSSR count). The van der Waals surface area contributed by atoms with Gasteiger partial charge in [0, 0.05) is 31.5 Å². The van der Waals surface area contributed by atoms with Crippen molar-refractivity contribution in [2.75, 3.05) is 19.6 Å². The molecule has 2 aliphatic rings. The lowest BCUT2D eigenvalue weighted by Gasteiger charge is -2.33. The molecule has 2 heterocycles. The molecule has 1 N–H and O–H groups in total. The molecule has 2 saturated heterocycles. The zero-order valence-electron chi connectivity index (χ0n) is 9.93. The van der Waals surface area contributed by atoms with Crippen molar-refractivity contribution in [3.05, 3.63) is 35.9 Å². The van der Waals surface area contributed by atoms with E-state index in [0.29, 0.717) is 5.92 Å². The van der Waals surface area contributed by atoms with Crippen molar-refractivity contribution in [2.45, 2.75) is 13.0 Å². The van der Waals surface area contributed by atoms with Crippen molar-refractivity contribution >= 4 is 5.91 Å². The van der Waals surface area contributed by atoms with Gasteiger partial charge in [0.1, 0.15) is 0 Å². The Morgan fingerprint density at radius 3 is 2.94 bits per heavy atom. The normalized spacial score (nSPS) is 28.8. The number of nitrogens with zero attached hydrogens (tertiary/aromatic N) is 1. The van der Waals surface area contributed by atoms with Crippen molar-refractivity contribution in [3.8, 4) is 0 Å². The van der Waals surface area contributed by atoms with E-state index in [1.54, 1.807) is 0 Å². The maximum atomic E-state index is 11.5. The van der Waals surface area contributed by atoms with Crippen LogP contribution >= 0.6 is 0 Å². The third kappa shape index (κ3) is 2.20. The molecule has 3 heteroatoms. The van der Waals surface area contributed by atoms with Crippen LogP contribution in [0.1, 0.15) is 12.0 Å². The van der Waals surface area contributed by atoms with Crippen LogP contribution in [-0.4, -0.2) is 30.4 Å². The third-order valence-electron chi connectivity index (χ3n) is 3.94. The fraction of sp³-hybridized carbons (Fsp3) is 0.500. The van der Waals surface area contributed by atoms with Gasteiger partial charge in [0.15, 0.2) is 0 Å². The molecule has 1 aromatic carbocycles. The zero-order valence-corrected chi connectivity index (χ0v) is 9.93. The SMILES string of the molecule is O=C1NC[C@H]2CN(Cc3ccccc3)CC[C@@H]12. The average Bonchev–Trinajstić information content (AvgIpc) is 2.72. The van der Waals surface area contributed by atoms with E-state index in [9.17, 15) is 4.79 Å². The molecule has 2 fully saturated rings. The Kier molecular flexibility index (Phi) is 2.85. The fourth-order valence-corrected chi connectivity index (χ4v) is 3.01. The Morgan fingerprint density at radius 2 is 2.12 bits per heavy atom. The van der Waals surface area contributed by atoms with E-state index in [2.05, 4.69) is 40.5 Å². The van der Waals surface area contributed by atoms with Gasteiger partial charge < -0.3 is 5.32 Å². The van der Waals surface area contributed by atoms with E-state index in [1.807, 2.05) is 0 Å². The molecule has 0 bridgehead atoms. The summed E-state index contributed by atoms with van der Waals surface area (Å²) in [7, 11) is 0. The second-order valence-electron chi connectivity index (χ2n) is 5.12. The maximum Gasteiger partial charge on any atom is 0.223 e. The van der Waals surface area contributed by atoms with Gasteiger partial charge in [-0.3, -0.25) is 9.69 Å². The van der Waals surface area contributed by atoms with Gasteiger partial charge in [-0.1, -0.05) is 30.3 Å². The van der Waals surface area contributed by atoms with Gasteiger partial charge in [-0.05, 0) is 18.5 Å². The van der Waals surface area contributed by atoms with Crippen molar-refractivity contribution < 1.29 is 4.79 Å². The fourth-order valence-electron chi connectivity index (χ4n) is 3.01. The van der Waals surface area contributed by atoms with E-state index in [4.69, 9.17) is 0 Å². The lowest BCUT2D eigenvalue weighted by molar-refractivity contribution is -0.124. The Morgan fingerprint density at radius 1 is 1.29 bits per heavy atom. The summed E-state index contributed by atoms with van der Waals surface area (Å²) >= 11 is 0. The second-order valence-corrected chi connectivity index (χ2v) is 5.12. The lowest BCUT2D eigenvalue weighted by atomic mass is 9.88. The van der Waals surface area contributed by atoms with Crippen LogP contribution in [0.4, 0.5) is 0 Å². The number of benzene rings is 1. The van der Waals surface area contributed by atoms with Gasteiger partial charge in [0.05, 0.1) is 0 Å². The summed E-state index contributed by atoms with van der Waals surface area (Å²) < 4.78 is 0. The highest BCUT2D eigenvalue weighted by atomic mass is 16.2. The highest BCUT2D eigenvalue weighted by Crippen LogP contribution is 2.28. The number of hydrogen-bond donors (Lipinski definition) is 1. The molecule has 0 radical (unpaired) electrons. The molecule has 1 amide bonds. The first kappa shape index (κ1) is 10.8. The zero-order chi connectivity index (χ0) is 11.7. The van der Waals surface area contributed by atoms with Crippen LogP contribution in [0.2, 0.25) is 0 Å². The molecule has 2 atom stereocenters. The van der Waals surface area contributed by atoms with Gasteiger partial charge >= 0.3 is 0 Å². The average molecular weight is 230 g/mol. The van der Waals surface area contributed by atoms with Crippen LogP contribution in [-0.2, 0) is 11.3 Å². The van der Waals surface area contributed by atoms with Crippen LogP contribution in [0.25, 0.3) is 0 Å². The van der Waals surface area contributed by atoms with Crippen molar-refractivity contribution in [1.82, 2.24) is 10.2 Å². The number of amides is 1. The minimum Gasteiger partial charge on any atom is -0.355 e. The minimum absolute atomic E-state index is 0.273. The Balaban J connectivity index is 1.62. The smallest absolute Gasteiger partial charge is 0.223 e. The maximum absolute atomic E-state index is 11.5. The van der Waals surface area contributed by atoms with E-state index in [-0.39, 0.29) is 11.8 Å². The Labute approximate surface area is 102 Å². The van der Waals surface area contributed by atoms with Crippen molar-refractivity contribution in [2.24, 2.45) is 11.8 Å². The molecular weight excluding hydrogens is 212 g/mol. The quantitative estimate of drug-likeness (QED) is 0.829. The van der Waals surface area contributed by atoms with E-state index < -0.39 is 0 Å². The Hall–Kier alpha value is -1.35. The van der Waals surface area contributed by atoms with Crippen molar-refractivity contribution in [1.29, 1.82) is 0 Å². The van der Waals surface area contributed by atoms with Gasteiger partial charge in [-0.25, -0.2) is 0 Å². The summed E-state index contributed by atoms with van der Waals surface area (Å²) in [6.45, 7) is 3.98. The molecule has 0 aromatic heterocycles. The molecule has 0 spiro atoms. The van der Waals surface area contributed by atoms with Crippen LogP contribution in [0.15, 0.2) is 30.3 Å². The summed E-state index contributed by atoms with van der Waals surface area (Å²) in [6.07, 6.45) is 1.02. The lowest BCUT2D eigenvalue weighted by Crippen LogP contribution is -2.40. The monoisotopic (exact) mass is 230 g/mol. The first-order chi connectivity index (χ1) is 8.33. The first-order valence-corrected chi connectivity index (χ1v) is 6.37. The summed E-state index contributed by atoms with van der Waals surface area (Å²) in [5, 5.41) is 2.98. The van der Waals surface area contributed by atoms with Crippen LogP contribution in [0, 0.1) is 11.8 Å². The molecule has 17 heavy (non-hydrogen) atoms. The predicted molar refractivity (Wildman–Crippen MR) is 66.3 cm³/mol. The molecule has 1 aromatic rings.